The molecule has 0 spiro atoms. The predicted octanol–water partition coefficient (Wildman–Crippen LogP) is 2.14. The Morgan fingerprint density at radius 3 is 1.90 bits per heavy atom. The van der Waals surface area contributed by atoms with E-state index in [1.165, 1.54) is 14.2 Å². The van der Waals surface area contributed by atoms with Crippen LogP contribution in [0.5, 0.6) is 0 Å². The highest BCUT2D eigenvalue weighted by atomic mass is 35.6. The van der Waals surface area contributed by atoms with Crippen molar-refractivity contribution in [3.8, 4) is 0 Å². The molecule has 1 N–H and O–H groups in total. The second-order valence-electron chi connectivity index (χ2n) is 4.26. The molecule has 0 aromatic heterocycles. The molecule has 1 aliphatic heterocycles. The standard InChI is InChI=1S/C11H18Cl3NO5/c1-5-6(16-2)7(17-3)8(18-4)9(19-5)20-10(15)11(12,13)14/h5-9,15H,1-4H3. The molecular weight excluding hydrogens is 332 g/mol. The summed E-state index contributed by atoms with van der Waals surface area (Å²) >= 11 is 16.8. The van der Waals surface area contributed by atoms with E-state index >= 15 is 0 Å². The van der Waals surface area contributed by atoms with Gasteiger partial charge in [0, 0.05) is 21.3 Å². The van der Waals surface area contributed by atoms with E-state index in [4.69, 9.17) is 63.9 Å². The zero-order valence-electron chi connectivity index (χ0n) is 11.6. The van der Waals surface area contributed by atoms with Crippen molar-refractivity contribution in [2.24, 2.45) is 0 Å². The lowest BCUT2D eigenvalue weighted by atomic mass is 9.99. The summed E-state index contributed by atoms with van der Waals surface area (Å²) in [6.45, 7) is 1.79. The third kappa shape index (κ3) is 4.10. The minimum Gasteiger partial charge on any atom is -0.445 e. The SMILES string of the molecule is COC1C(C)OC(OC(=N)C(Cl)(Cl)Cl)C(OC)C1OC. The van der Waals surface area contributed by atoms with Crippen LogP contribution >= 0.6 is 34.8 Å². The van der Waals surface area contributed by atoms with Crippen LogP contribution in [0.15, 0.2) is 0 Å². The first-order valence-corrected chi connectivity index (χ1v) is 6.95. The molecule has 0 bridgehead atoms. The maximum atomic E-state index is 7.60. The Morgan fingerprint density at radius 2 is 1.50 bits per heavy atom. The lowest BCUT2D eigenvalue weighted by Gasteiger charge is -2.43. The van der Waals surface area contributed by atoms with Crippen molar-refractivity contribution in [2.75, 3.05) is 21.3 Å². The van der Waals surface area contributed by atoms with Gasteiger partial charge in [-0.1, -0.05) is 34.8 Å². The van der Waals surface area contributed by atoms with Crippen molar-refractivity contribution in [2.45, 2.75) is 41.4 Å². The van der Waals surface area contributed by atoms with Crippen LogP contribution in [0.2, 0.25) is 0 Å². The average molecular weight is 351 g/mol. The van der Waals surface area contributed by atoms with E-state index in [0.29, 0.717) is 0 Å². The minimum absolute atomic E-state index is 0.341. The Kier molecular flexibility index (Phi) is 6.79. The predicted molar refractivity (Wildman–Crippen MR) is 75.8 cm³/mol. The van der Waals surface area contributed by atoms with Gasteiger partial charge in [-0.05, 0) is 6.92 Å². The second kappa shape index (κ2) is 7.45. The summed E-state index contributed by atoms with van der Waals surface area (Å²) in [6, 6.07) is 0. The molecule has 118 valence electrons. The van der Waals surface area contributed by atoms with Crippen LogP contribution in [0.4, 0.5) is 0 Å². The fourth-order valence-corrected chi connectivity index (χ4v) is 2.23. The van der Waals surface area contributed by atoms with Crippen LogP contribution in [0.3, 0.4) is 0 Å². The highest BCUT2D eigenvalue weighted by Crippen LogP contribution is 2.32. The number of halogens is 3. The topological polar surface area (TPSA) is 70.0 Å². The molecule has 0 aromatic rings. The van der Waals surface area contributed by atoms with Gasteiger partial charge in [0.2, 0.25) is 12.2 Å². The molecule has 0 amide bonds. The van der Waals surface area contributed by atoms with Gasteiger partial charge in [0.05, 0.1) is 6.10 Å². The normalized spacial score (nSPS) is 34.9. The number of methoxy groups -OCH3 is 3. The monoisotopic (exact) mass is 349 g/mol. The molecule has 1 heterocycles. The van der Waals surface area contributed by atoms with Crippen LogP contribution in [0, 0.1) is 5.41 Å². The summed E-state index contributed by atoms with van der Waals surface area (Å²) in [4.78, 5) is 0. The highest BCUT2D eigenvalue weighted by Gasteiger charge is 2.48. The van der Waals surface area contributed by atoms with Gasteiger partial charge >= 0.3 is 0 Å². The maximum Gasteiger partial charge on any atom is 0.265 e. The summed E-state index contributed by atoms with van der Waals surface area (Å²) in [5, 5.41) is 7.60. The lowest BCUT2D eigenvalue weighted by Crippen LogP contribution is -2.60. The molecule has 6 nitrogen and oxygen atoms in total. The second-order valence-corrected chi connectivity index (χ2v) is 6.54. The van der Waals surface area contributed by atoms with Gasteiger partial charge < -0.3 is 23.7 Å². The zero-order valence-corrected chi connectivity index (χ0v) is 13.8. The maximum absolute atomic E-state index is 7.60. The highest BCUT2D eigenvalue weighted by molar-refractivity contribution is 6.76. The van der Waals surface area contributed by atoms with E-state index in [1.54, 1.807) is 14.0 Å². The molecule has 0 radical (unpaired) electrons. The first-order valence-electron chi connectivity index (χ1n) is 5.82. The third-order valence-corrected chi connectivity index (χ3v) is 3.55. The van der Waals surface area contributed by atoms with Crippen molar-refractivity contribution in [1.82, 2.24) is 0 Å². The van der Waals surface area contributed by atoms with Crippen molar-refractivity contribution >= 4 is 40.7 Å². The molecule has 5 unspecified atom stereocenters. The Hall–Kier alpha value is 0.180. The van der Waals surface area contributed by atoms with Crippen LogP contribution in [0.1, 0.15) is 6.92 Å². The van der Waals surface area contributed by atoms with Gasteiger partial charge in [-0.3, -0.25) is 5.41 Å². The van der Waals surface area contributed by atoms with E-state index in [9.17, 15) is 0 Å². The molecule has 1 aliphatic rings. The van der Waals surface area contributed by atoms with Gasteiger partial charge in [-0.25, -0.2) is 0 Å². The van der Waals surface area contributed by atoms with E-state index < -0.39 is 28.2 Å². The van der Waals surface area contributed by atoms with Gasteiger partial charge in [-0.2, -0.15) is 0 Å². The quantitative estimate of drug-likeness (QED) is 0.478. The zero-order chi connectivity index (χ0) is 15.5. The van der Waals surface area contributed by atoms with Gasteiger partial charge in [0.15, 0.2) is 0 Å². The van der Waals surface area contributed by atoms with Crippen LogP contribution in [-0.4, -0.2) is 61.7 Å². The number of hydrogen-bond donors (Lipinski definition) is 1. The van der Waals surface area contributed by atoms with Crippen LogP contribution in [-0.2, 0) is 23.7 Å². The van der Waals surface area contributed by atoms with E-state index in [0.717, 1.165) is 0 Å². The Balaban J connectivity index is 2.88. The molecule has 1 saturated heterocycles. The largest absolute Gasteiger partial charge is 0.445 e. The number of nitrogens with one attached hydrogen (secondary N) is 1. The van der Waals surface area contributed by atoms with E-state index in [-0.39, 0.29) is 12.2 Å². The number of alkyl halides is 3. The summed E-state index contributed by atoms with van der Waals surface area (Å²) in [5.74, 6) is -0.549. The van der Waals surface area contributed by atoms with Gasteiger partial charge in [0.1, 0.15) is 18.3 Å². The molecule has 9 heteroatoms. The molecular formula is C11H18Cl3NO5. The van der Waals surface area contributed by atoms with E-state index in [2.05, 4.69) is 0 Å². The first-order chi connectivity index (χ1) is 9.26. The van der Waals surface area contributed by atoms with Crippen molar-refractivity contribution in [3.05, 3.63) is 0 Å². The van der Waals surface area contributed by atoms with Gasteiger partial charge in [0.25, 0.3) is 3.79 Å². The fourth-order valence-electron chi connectivity index (χ4n) is 2.09. The Morgan fingerprint density at radius 1 is 1.00 bits per heavy atom. The van der Waals surface area contributed by atoms with Crippen LogP contribution in [0.25, 0.3) is 0 Å². The summed E-state index contributed by atoms with van der Waals surface area (Å²) in [7, 11) is 4.55. The molecule has 5 atom stereocenters. The third-order valence-electron chi connectivity index (χ3n) is 3.04. The Bertz CT molecular complexity index is 339. The van der Waals surface area contributed by atoms with Crippen LogP contribution < -0.4 is 0 Å². The fraction of sp³-hybridized carbons (Fsp3) is 0.909. The first kappa shape index (κ1) is 18.2. The number of rotatable bonds is 4. The van der Waals surface area contributed by atoms with Crippen molar-refractivity contribution in [3.63, 3.8) is 0 Å². The summed E-state index contributed by atoms with van der Waals surface area (Å²) in [6.07, 6.45) is -2.69. The van der Waals surface area contributed by atoms with Crippen molar-refractivity contribution < 1.29 is 23.7 Å². The van der Waals surface area contributed by atoms with Gasteiger partial charge in [-0.15, -0.1) is 0 Å². The molecule has 1 rings (SSSR count). The minimum atomic E-state index is -1.97. The molecule has 0 aliphatic carbocycles. The smallest absolute Gasteiger partial charge is 0.265 e. The summed E-state index contributed by atoms with van der Waals surface area (Å²) < 4.78 is 25.0. The van der Waals surface area contributed by atoms with E-state index in [1.807, 2.05) is 0 Å². The average Bonchev–Trinajstić information content (AvgIpc) is 2.36. The Labute approximate surface area is 133 Å². The number of hydrogen-bond acceptors (Lipinski definition) is 6. The summed E-state index contributed by atoms with van der Waals surface area (Å²) in [5.41, 5.74) is 0. The van der Waals surface area contributed by atoms with Crippen molar-refractivity contribution in [1.29, 1.82) is 5.41 Å². The molecule has 0 saturated carbocycles. The number of ether oxygens (including phenoxy) is 5. The molecule has 1 fully saturated rings. The lowest BCUT2D eigenvalue weighted by molar-refractivity contribution is -0.286. The molecule has 0 aromatic carbocycles. The molecule has 20 heavy (non-hydrogen) atoms.